The maximum atomic E-state index is 13.3. The van der Waals surface area contributed by atoms with Crippen molar-refractivity contribution in [1.82, 2.24) is 0 Å². The fourth-order valence-electron chi connectivity index (χ4n) is 1.15. The topological polar surface area (TPSA) is 17.1 Å². The lowest BCUT2D eigenvalue weighted by atomic mass is 10.0. The Bertz CT molecular complexity index is 410. The number of hydrogen-bond donors (Lipinski definition) is 0. The number of carbonyl (C=O) groups excluding carboxylic acids is 1. The molecule has 0 atom stereocenters. The van der Waals surface area contributed by atoms with E-state index < -0.39 is 5.82 Å². The van der Waals surface area contributed by atoms with Crippen LogP contribution in [0.3, 0.4) is 0 Å². The van der Waals surface area contributed by atoms with Gasteiger partial charge in [-0.15, -0.1) is 0 Å². The van der Waals surface area contributed by atoms with Crippen molar-refractivity contribution in [3.63, 3.8) is 0 Å². The Hall–Kier alpha value is -1.22. The van der Waals surface area contributed by atoms with Crippen molar-refractivity contribution in [1.29, 1.82) is 0 Å². The lowest BCUT2D eigenvalue weighted by Gasteiger charge is -2.07. The Balaban J connectivity index is 3.62. The summed E-state index contributed by atoms with van der Waals surface area (Å²) in [6.07, 6.45) is 3.53. The van der Waals surface area contributed by atoms with Crippen molar-refractivity contribution in [3.8, 4) is 0 Å². The Labute approximate surface area is 90.1 Å². The highest BCUT2D eigenvalue weighted by Gasteiger charge is 2.12. The summed E-state index contributed by atoms with van der Waals surface area (Å²) >= 11 is 3.15. The van der Waals surface area contributed by atoms with Crippen molar-refractivity contribution in [2.24, 2.45) is 0 Å². The molecule has 0 fully saturated rings. The van der Waals surface area contributed by atoms with E-state index in [1.807, 2.05) is 0 Å². The van der Waals surface area contributed by atoms with Crippen LogP contribution in [0.2, 0.25) is 0 Å². The molecule has 0 spiro atoms. The molecule has 0 radical (unpaired) electrons. The van der Waals surface area contributed by atoms with Gasteiger partial charge in [-0.1, -0.05) is 25.3 Å². The lowest BCUT2D eigenvalue weighted by molar-refractivity contribution is 0.111. The third kappa shape index (κ3) is 1.68. The molecule has 0 heterocycles. The molecule has 0 saturated carbocycles. The highest BCUT2D eigenvalue weighted by atomic mass is 79.9. The molecule has 0 saturated heterocycles. The van der Waals surface area contributed by atoms with E-state index in [2.05, 4.69) is 29.1 Å². The van der Waals surface area contributed by atoms with Crippen LogP contribution in [-0.2, 0) is 0 Å². The lowest BCUT2D eigenvalue weighted by Crippen LogP contribution is -1.95. The Morgan fingerprint density at radius 1 is 1.29 bits per heavy atom. The average molecular weight is 255 g/mol. The molecule has 1 rings (SSSR count). The largest absolute Gasteiger partial charge is 0.298 e. The second kappa shape index (κ2) is 4.33. The van der Waals surface area contributed by atoms with E-state index in [1.54, 1.807) is 6.08 Å². The summed E-state index contributed by atoms with van der Waals surface area (Å²) in [4.78, 5) is 10.6. The number of rotatable bonds is 3. The van der Waals surface area contributed by atoms with Crippen LogP contribution in [0, 0.1) is 5.82 Å². The zero-order valence-electron chi connectivity index (χ0n) is 7.39. The highest BCUT2D eigenvalue weighted by molar-refractivity contribution is 9.10. The molecular weight excluding hydrogens is 247 g/mol. The molecule has 0 aliphatic carbocycles. The van der Waals surface area contributed by atoms with Crippen molar-refractivity contribution in [2.45, 2.75) is 0 Å². The maximum absolute atomic E-state index is 13.3. The van der Waals surface area contributed by atoms with Crippen LogP contribution in [0.1, 0.15) is 21.5 Å². The molecule has 72 valence electrons. The predicted molar refractivity (Wildman–Crippen MR) is 59.7 cm³/mol. The van der Waals surface area contributed by atoms with Gasteiger partial charge < -0.3 is 0 Å². The first-order chi connectivity index (χ1) is 6.65. The van der Waals surface area contributed by atoms with Crippen LogP contribution in [0.25, 0.3) is 12.2 Å². The predicted octanol–water partition coefficient (Wildman–Crippen LogP) is 3.69. The van der Waals surface area contributed by atoms with Crippen LogP contribution in [0.15, 0.2) is 23.7 Å². The number of benzene rings is 1. The molecule has 1 aromatic carbocycles. The van der Waals surface area contributed by atoms with Gasteiger partial charge >= 0.3 is 0 Å². The second-order valence-electron chi connectivity index (χ2n) is 2.62. The Morgan fingerprint density at radius 2 is 1.93 bits per heavy atom. The molecule has 0 unspecified atom stereocenters. The van der Waals surface area contributed by atoms with E-state index >= 15 is 0 Å². The molecule has 3 heteroatoms. The average Bonchev–Trinajstić information content (AvgIpc) is 2.17. The first-order valence-corrected chi connectivity index (χ1v) is 4.67. The first kappa shape index (κ1) is 10.9. The van der Waals surface area contributed by atoms with Crippen molar-refractivity contribution >= 4 is 34.4 Å². The van der Waals surface area contributed by atoms with Crippen molar-refractivity contribution in [3.05, 3.63) is 46.2 Å². The number of hydrogen-bond acceptors (Lipinski definition) is 1. The van der Waals surface area contributed by atoms with E-state index in [-0.39, 0.29) is 5.56 Å². The summed E-state index contributed by atoms with van der Waals surface area (Å²) in [5.41, 5.74) is 1.28. The molecular formula is C11H8BrFO. The Morgan fingerprint density at radius 3 is 2.36 bits per heavy atom. The monoisotopic (exact) mass is 254 g/mol. The van der Waals surface area contributed by atoms with Gasteiger partial charge in [-0.3, -0.25) is 4.79 Å². The summed E-state index contributed by atoms with van der Waals surface area (Å²) in [7, 11) is 0. The summed E-state index contributed by atoms with van der Waals surface area (Å²) in [5.74, 6) is -0.563. The minimum Gasteiger partial charge on any atom is -0.298 e. The summed E-state index contributed by atoms with van der Waals surface area (Å²) in [5, 5.41) is 0. The van der Waals surface area contributed by atoms with E-state index in [1.165, 1.54) is 12.1 Å². The zero-order chi connectivity index (χ0) is 10.7. The molecule has 0 aliphatic heterocycles. The second-order valence-corrected chi connectivity index (χ2v) is 3.41. The normalized spacial score (nSPS) is 9.57. The van der Waals surface area contributed by atoms with Crippen LogP contribution in [0.5, 0.6) is 0 Å². The molecule has 0 N–H and O–H groups in total. The molecule has 1 nitrogen and oxygen atoms in total. The van der Waals surface area contributed by atoms with Crippen LogP contribution < -0.4 is 0 Å². The third-order valence-corrected chi connectivity index (χ3v) is 2.72. The molecule has 0 aliphatic rings. The van der Waals surface area contributed by atoms with E-state index in [0.29, 0.717) is 21.9 Å². The number of carbonyl (C=O) groups is 1. The smallest absolute Gasteiger partial charge is 0.154 e. The molecule has 0 aromatic heterocycles. The van der Waals surface area contributed by atoms with Crippen LogP contribution >= 0.6 is 15.9 Å². The van der Waals surface area contributed by atoms with Gasteiger partial charge in [0.2, 0.25) is 0 Å². The minimum absolute atomic E-state index is 0.00509. The van der Waals surface area contributed by atoms with Gasteiger partial charge in [0.15, 0.2) is 6.29 Å². The summed E-state index contributed by atoms with van der Waals surface area (Å²) in [6.45, 7) is 7.14. The fourth-order valence-corrected chi connectivity index (χ4v) is 1.83. The van der Waals surface area contributed by atoms with Gasteiger partial charge in [-0.25, -0.2) is 4.39 Å². The third-order valence-electron chi connectivity index (χ3n) is 1.87. The van der Waals surface area contributed by atoms with E-state index in [4.69, 9.17) is 0 Å². The zero-order valence-corrected chi connectivity index (χ0v) is 8.97. The van der Waals surface area contributed by atoms with E-state index in [9.17, 15) is 9.18 Å². The summed E-state index contributed by atoms with van der Waals surface area (Å²) in [6, 6.07) is 1.26. The Kier molecular flexibility index (Phi) is 3.36. The SMILES string of the molecule is C=Cc1cc(F)c(C=O)c(Br)c1C=C. The van der Waals surface area contributed by atoms with Gasteiger partial charge in [0, 0.05) is 4.47 Å². The van der Waals surface area contributed by atoms with Gasteiger partial charge in [0.25, 0.3) is 0 Å². The molecule has 1 aromatic rings. The first-order valence-electron chi connectivity index (χ1n) is 3.87. The summed E-state index contributed by atoms with van der Waals surface area (Å²) < 4.78 is 13.7. The number of halogens is 2. The van der Waals surface area contributed by atoms with Crippen LogP contribution in [0.4, 0.5) is 4.39 Å². The minimum atomic E-state index is -0.563. The highest BCUT2D eigenvalue weighted by Crippen LogP contribution is 2.28. The fraction of sp³-hybridized carbons (Fsp3) is 0. The standard InChI is InChI=1S/C11H8BrFO/c1-3-7-5-10(13)9(6-14)11(12)8(7)4-2/h3-6H,1-2H2. The molecule has 0 bridgehead atoms. The van der Waals surface area contributed by atoms with Gasteiger partial charge in [0.05, 0.1) is 5.56 Å². The van der Waals surface area contributed by atoms with Crippen molar-refractivity contribution in [2.75, 3.05) is 0 Å². The quantitative estimate of drug-likeness (QED) is 0.753. The van der Waals surface area contributed by atoms with E-state index in [0.717, 1.165) is 0 Å². The van der Waals surface area contributed by atoms with Crippen molar-refractivity contribution < 1.29 is 9.18 Å². The maximum Gasteiger partial charge on any atom is 0.154 e. The molecule has 0 amide bonds. The van der Waals surface area contributed by atoms with Gasteiger partial charge in [0.1, 0.15) is 5.82 Å². The van der Waals surface area contributed by atoms with Gasteiger partial charge in [-0.2, -0.15) is 0 Å². The van der Waals surface area contributed by atoms with Crippen LogP contribution in [-0.4, -0.2) is 6.29 Å². The molecule has 14 heavy (non-hydrogen) atoms. The van der Waals surface area contributed by atoms with Gasteiger partial charge in [-0.05, 0) is 33.1 Å². The number of aldehydes is 1.